The minimum atomic E-state index is -0.608. The number of rotatable bonds is 2. The van der Waals surface area contributed by atoms with E-state index in [1.807, 2.05) is 18.2 Å². The lowest BCUT2D eigenvalue weighted by Crippen LogP contribution is -2.26. The monoisotopic (exact) mass is 320 g/mol. The summed E-state index contributed by atoms with van der Waals surface area (Å²) in [4.78, 5) is 14.4. The number of hydrogen-bond acceptors (Lipinski definition) is 3. The van der Waals surface area contributed by atoms with Gasteiger partial charge in [0.05, 0.1) is 13.2 Å². The van der Waals surface area contributed by atoms with Gasteiger partial charge in [-0.3, -0.25) is 9.69 Å². The van der Waals surface area contributed by atoms with E-state index in [0.717, 1.165) is 11.1 Å². The van der Waals surface area contributed by atoms with Crippen molar-refractivity contribution in [2.24, 2.45) is 0 Å². The fraction of sp³-hybridized carbons (Fsp3) is 0.300. The van der Waals surface area contributed by atoms with Crippen LogP contribution in [0.25, 0.3) is 0 Å². The van der Waals surface area contributed by atoms with Gasteiger partial charge >= 0.3 is 0 Å². The quantitative estimate of drug-likeness (QED) is 0.832. The minimum absolute atomic E-state index is 0.0361. The Balaban J connectivity index is 2.07. The van der Waals surface area contributed by atoms with Gasteiger partial charge in [-0.15, -0.1) is 0 Å². The molecule has 122 valence electrons. The first-order valence-corrected chi connectivity index (χ1v) is 7.88. The maximum atomic E-state index is 12.8. The Bertz CT molecular complexity index is 826. The van der Waals surface area contributed by atoms with Gasteiger partial charge in [0.1, 0.15) is 5.75 Å². The van der Waals surface area contributed by atoms with Crippen LogP contribution in [0, 0.1) is 11.3 Å². The third kappa shape index (κ3) is 2.52. The molecule has 0 fully saturated rings. The lowest BCUT2D eigenvalue weighted by atomic mass is 9.85. The van der Waals surface area contributed by atoms with E-state index in [-0.39, 0.29) is 11.3 Å². The Morgan fingerprint density at radius 2 is 1.79 bits per heavy atom. The van der Waals surface area contributed by atoms with Crippen molar-refractivity contribution in [3.8, 4) is 11.8 Å². The second-order valence-corrected chi connectivity index (χ2v) is 6.96. The summed E-state index contributed by atoms with van der Waals surface area (Å²) in [6, 6.07) is 14.7. The number of carbonyl (C=O) groups is 1. The first-order valence-electron chi connectivity index (χ1n) is 7.88. The zero-order valence-corrected chi connectivity index (χ0v) is 14.3. The molecular formula is C20H20N2O2. The van der Waals surface area contributed by atoms with Gasteiger partial charge in [0, 0.05) is 16.8 Å². The van der Waals surface area contributed by atoms with Crippen LogP contribution in [0.3, 0.4) is 0 Å². The average Bonchev–Trinajstić information content (AvgIpc) is 2.86. The van der Waals surface area contributed by atoms with Crippen LogP contribution in [-0.4, -0.2) is 13.0 Å². The molecule has 24 heavy (non-hydrogen) atoms. The van der Waals surface area contributed by atoms with E-state index in [1.165, 1.54) is 0 Å². The third-order valence-electron chi connectivity index (χ3n) is 4.39. The molecule has 1 atom stereocenters. The number of carbonyl (C=O) groups excluding carboxylic acids is 1. The second kappa shape index (κ2) is 5.68. The van der Waals surface area contributed by atoms with Crippen LogP contribution in [0.15, 0.2) is 42.5 Å². The van der Waals surface area contributed by atoms with Gasteiger partial charge in [-0.2, -0.15) is 5.26 Å². The molecule has 0 bridgehead atoms. The number of fused-ring (bicyclic) bond motifs is 1. The lowest BCUT2D eigenvalue weighted by Gasteiger charge is -2.21. The van der Waals surface area contributed by atoms with Crippen LogP contribution in [0.4, 0.5) is 5.69 Å². The van der Waals surface area contributed by atoms with Crippen LogP contribution in [0.1, 0.15) is 48.3 Å². The van der Waals surface area contributed by atoms with Gasteiger partial charge in [-0.25, -0.2) is 0 Å². The van der Waals surface area contributed by atoms with Crippen molar-refractivity contribution in [3.63, 3.8) is 0 Å². The number of benzene rings is 2. The first kappa shape index (κ1) is 16.1. The molecule has 1 amide bonds. The zero-order valence-electron chi connectivity index (χ0n) is 14.3. The average molecular weight is 320 g/mol. The number of ether oxygens (including phenoxy) is 1. The van der Waals surface area contributed by atoms with E-state index >= 15 is 0 Å². The highest BCUT2D eigenvalue weighted by molar-refractivity contribution is 6.11. The molecule has 0 aliphatic carbocycles. The molecular weight excluding hydrogens is 300 g/mol. The lowest BCUT2D eigenvalue weighted by molar-refractivity contribution is 0.0994. The number of hydrogen-bond donors (Lipinski definition) is 0. The normalized spacial score (nSPS) is 16.7. The summed E-state index contributed by atoms with van der Waals surface area (Å²) < 4.78 is 5.16. The number of amides is 1. The van der Waals surface area contributed by atoms with E-state index in [0.29, 0.717) is 17.0 Å². The summed E-state index contributed by atoms with van der Waals surface area (Å²) in [5.74, 6) is 0.577. The number of anilines is 1. The van der Waals surface area contributed by atoms with Crippen molar-refractivity contribution in [1.29, 1.82) is 5.26 Å². The highest BCUT2D eigenvalue weighted by atomic mass is 16.5. The SMILES string of the molecule is COc1ccc(N2C(=O)c3ccc(C(C)(C)C)cc3C2C#N)cc1. The van der Waals surface area contributed by atoms with Gasteiger partial charge in [-0.05, 0) is 41.3 Å². The minimum Gasteiger partial charge on any atom is -0.497 e. The molecule has 2 aromatic carbocycles. The van der Waals surface area contributed by atoms with Crippen LogP contribution in [0.5, 0.6) is 5.75 Å². The standard InChI is InChI=1S/C20H20N2O2/c1-20(2,3)13-5-10-16-17(11-13)18(12-21)22(19(16)23)14-6-8-15(24-4)9-7-14/h5-11,18H,1-4H3. The van der Waals surface area contributed by atoms with Crippen molar-refractivity contribution in [2.75, 3.05) is 12.0 Å². The van der Waals surface area contributed by atoms with E-state index < -0.39 is 6.04 Å². The molecule has 0 saturated carbocycles. The molecule has 0 saturated heterocycles. The molecule has 0 radical (unpaired) electrons. The van der Waals surface area contributed by atoms with Gasteiger partial charge < -0.3 is 4.74 Å². The summed E-state index contributed by atoms with van der Waals surface area (Å²) >= 11 is 0. The smallest absolute Gasteiger partial charge is 0.260 e. The summed E-state index contributed by atoms with van der Waals surface area (Å²) in [5, 5.41) is 9.69. The topological polar surface area (TPSA) is 53.3 Å². The predicted octanol–water partition coefficient (Wildman–Crippen LogP) is 4.22. The number of nitriles is 1. The predicted molar refractivity (Wildman–Crippen MR) is 93.3 cm³/mol. The van der Waals surface area contributed by atoms with Crippen molar-refractivity contribution >= 4 is 11.6 Å². The second-order valence-electron chi connectivity index (χ2n) is 6.96. The Morgan fingerprint density at radius 3 is 2.33 bits per heavy atom. The van der Waals surface area contributed by atoms with E-state index in [1.54, 1.807) is 36.3 Å². The Hall–Kier alpha value is -2.80. The highest BCUT2D eigenvalue weighted by Crippen LogP contribution is 2.39. The Kier molecular flexibility index (Phi) is 3.81. The molecule has 1 aliphatic heterocycles. The van der Waals surface area contributed by atoms with E-state index in [4.69, 9.17) is 4.74 Å². The molecule has 2 aromatic rings. The zero-order chi connectivity index (χ0) is 17.5. The summed E-state index contributed by atoms with van der Waals surface area (Å²) in [6.07, 6.45) is 0. The maximum Gasteiger partial charge on any atom is 0.260 e. The van der Waals surface area contributed by atoms with Crippen molar-refractivity contribution < 1.29 is 9.53 Å². The fourth-order valence-electron chi connectivity index (χ4n) is 2.97. The van der Waals surface area contributed by atoms with E-state index in [9.17, 15) is 10.1 Å². The van der Waals surface area contributed by atoms with Gasteiger partial charge in [0.25, 0.3) is 5.91 Å². The van der Waals surface area contributed by atoms with Crippen molar-refractivity contribution in [3.05, 3.63) is 59.2 Å². The van der Waals surface area contributed by atoms with Crippen molar-refractivity contribution in [2.45, 2.75) is 32.2 Å². The Morgan fingerprint density at radius 1 is 1.12 bits per heavy atom. The van der Waals surface area contributed by atoms with E-state index in [2.05, 4.69) is 26.8 Å². The Labute approximate surface area is 142 Å². The molecule has 0 aromatic heterocycles. The molecule has 1 unspecified atom stereocenters. The summed E-state index contributed by atoms with van der Waals surface area (Å²) in [7, 11) is 1.60. The molecule has 4 heteroatoms. The van der Waals surface area contributed by atoms with Gasteiger partial charge in [0.15, 0.2) is 6.04 Å². The van der Waals surface area contributed by atoms with Crippen LogP contribution >= 0.6 is 0 Å². The molecule has 0 N–H and O–H groups in total. The maximum absolute atomic E-state index is 12.8. The van der Waals surface area contributed by atoms with Gasteiger partial charge in [-0.1, -0.05) is 32.9 Å². The van der Waals surface area contributed by atoms with Gasteiger partial charge in [0.2, 0.25) is 0 Å². The fourth-order valence-corrected chi connectivity index (χ4v) is 2.97. The molecule has 3 rings (SSSR count). The largest absolute Gasteiger partial charge is 0.497 e. The molecule has 0 spiro atoms. The summed E-state index contributed by atoms with van der Waals surface area (Å²) in [5.41, 5.74) is 3.16. The number of methoxy groups -OCH3 is 1. The van der Waals surface area contributed by atoms with Crippen LogP contribution < -0.4 is 9.64 Å². The molecule has 1 heterocycles. The third-order valence-corrected chi connectivity index (χ3v) is 4.39. The molecule has 1 aliphatic rings. The molecule has 4 nitrogen and oxygen atoms in total. The first-order chi connectivity index (χ1) is 11.4. The van der Waals surface area contributed by atoms with Crippen LogP contribution in [0.2, 0.25) is 0 Å². The highest BCUT2D eigenvalue weighted by Gasteiger charge is 2.38. The number of nitrogens with zero attached hydrogens (tertiary/aromatic N) is 2. The van der Waals surface area contributed by atoms with Crippen LogP contribution in [-0.2, 0) is 5.41 Å². The van der Waals surface area contributed by atoms with Crippen molar-refractivity contribution in [1.82, 2.24) is 0 Å². The summed E-state index contributed by atoms with van der Waals surface area (Å²) in [6.45, 7) is 6.36.